The third-order valence-corrected chi connectivity index (χ3v) is 7.40. The van der Waals surface area contributed by atoms with Gasteiger partial charge in [-0.25, -0.2) is 8.42 Å². The highest BCUT2D eigenvalue weighted by molar-refractivity contribution is 7.85. The van der Waals surface area contributed by atoms with Crippen molar-refractivity contribution in [2.75, 3.05) is 0 Å². The molecule has 0 aliphatic carbocycles. The van der Waals surface area contributed by atoms with Gasteiger partial charge in [-0.05, 0) is 36.8 Å². The second-order valence-electron chi connectivity index (χ2n) is 8.01. The fourth-order valence-corrected chi connectivity index (χ4v) is 5.13. The van der Waals surface area contributed by atoms with Crippen LogP contribution in [0.2, 0.25) is 0 Å². The van der Waals surface area contributed by atoms with Crippen molar-refractivity contribution in [2.45, 2.75) is 18.4 Å². The molecule has 5 rings (SSSR count). The van der Waals surface area contributed by atoms with Crippen LogP contribution >= 0.6 is 11.3 Å². The van der Waals surface area contributed by atoms with Gasteiger partial charge < -0.3 is 4.55 Å². The molecule has 6 heteroatoms. The molecule has 0 spiro atoms. The number of thiazole rings is 1. The quantitative estimate of drug-likeness (QED) is 0.210. The van der Waals surface area contributed by atoms with Gasteiger partial charge in [0.2, 0.25) is 0 Å². The predicted octanol–water partition coefficient (Wildman–Crippen LogP) is 6.32. The summed E-state index contributed by atoms with van der Waals surface area (Å²) in [6.07, 6.45) is 2.27. The summed E-state index contributed by atoms with van der Waals surface area (Å²) < 4.78 is 33.5. The molecule has 0 saturated carbocycles. The van der Waals surface area contributed by atoms with Crippen molar-refractivity contribution in [2.24, 2.45) is 0 Å². The summed E-state index contributed by atoms with van der Waals surface area (Å²) >= 11 is 1.85. The van der Waals surface area contributed by atoms with Crippen molar-refractivity contribution >= 4 is 21.5 Å². The van der Waals surface area contributed by atoms with Crippen LogP contribution in [-0.4, -0.2) is 13.0 Å². The Balaban J connectivity index is 0.000000221. The molecule has 0 aliphatic rings. The third kappa shape index (κ3) is 6.73. The van der Waals surface area contributed by atoms with Gasteiger partial charge in [0.15, 0.2) is 12.7 Å². The summed E-state index contributed by atoms with van der Waals surface area (Å²) in [6, 6.07) is 37.6. The summed E-state index contributed by atoms with van der Waals surface area (Å²) in [6.45, 7) is 2.70. The number of rotatable bonds is 5. The first kappa shape index (κ1) is 24.5. The van der Waals surface area contributed by atoms with E-state index in [1.807, 2.05) is 18.3 Å². The number of aryl methyl sites for hydroxylation is 1. The Hall–Kier alpha value is -3.58. The van der Waals surface area contributed by atoms with E-state index >= 15 is 0 Å². The normalized spacial score (nSPS) is 10.9. The molecule has 4 nitrogen and oxygen atoms in total. The molecule has 0 fully saturated rings. The summed E-state index contributed by atoms with van der Waals surface area (Å²) in [5.41, 5.74) is 4.78. The molecule has 35 heavy (non-hydrogen) atoms. The summed E-state index contributed by atoms with van der Waals surface area (Å²) in [4.78, 5) is 1.12. The minimum absolute atomic E-state index is 0.178. The maximum absolute atomic E-state index is 10.4. The van der Waals surface area contributed by atoms with E-state index in [-0.39, 0.29) is 4.90 Å². The molecule has 4 aromatic carbocycles. The fraction of sp³-hybridized carbons (Fsp3) is 0.0690. The van der Waals surface area contributed by atoms with E-state index < -0.39 is 10.1 Å². The van der Waals surface area contributed by atoms with Crippen molar-refractivity contribution in [3.8, 4) is 21.0 Å². The van der Waals surface area contributed by atoms with Gasteiger partial charge in [0.05, 0.1) is 10.5 Å². The minimum Gasteiger partial charge on any atom is -0.744 e. The fourth-order valence-electron chi connectivity index (χ4n) is 3.53. The van der Waals surface area contributed by atoms with Gasteiger partial charge in [-0.1, -0.05) is 108 Å². The number of nitrogens with zero attached hydrogens (tertiary/aromatic N) is 1. The number of benzene rings is 4. The summed E-state index contributed by atoms with van der Waals surface area (Å²) in [5.74, 6) is 0. The smallest absolute Gasteiger partial charge is 0.269 e. The zero-order valence-corrected chi connectivity index (χ0v) is 20.9. The van der Waals surface area contributed by atoms with Crippen LogP contribution in [0.25, 0.3) is 21.0 Å². The van der Waals surface area contributed by atoms with Crippen molar-refractivity contribution in [3.05, 3.63) is 133 Å². The number of hydrogen-bond donors (Lipinski definition) is 0. The minimum atomic E-state index is -4.27. The standard InChI is InChI=1S/C22H18NS.C7H8O3S/c1-4-10-18(11-5-1)16-23-17-21(19-12-6-2-7-13-19)24-22(23)20-14-8-3-9-15-20;1-6-2-4-7(5-3-6)11(8,9)10/h1-15,17H,16H2;2-5H,1H3,(H,8,9,10)/q+1;/p-1. The first-order valence-corrected chi connectivity index (χ1v) is 13.3. The molecule has 0 radical (unpaired) electrons. The van der Waals surface area contributed by atoms with Gasteiger partial charge in [0.1, 0.15) is 15.0 Å². The van der Waals surface area contributed by atoms with Crippen molar-refractivity contribution in [1.82, 2.24) is 0 Å². The van der Waals surface area contributed by atoms with Crippen LogP contribution in [-0.2, 0) is 16.7 Å². The molecular formula is C29H25NO3S2. The van der Waals surface area contributed by atoms with E-state index in [9.17, 15) is 13.0 Å². The van der Waals surface area contributed by atoms with Crippen LogP contribution in [0.15, 0.2) is 126 Å². The molecule has 0 unspecified atom stereocenters. The van der Waals surface area contributed by atoms with Gasteiger partial charge in [-0.15, -0.1) is 0 Å². The van der Waals surface area contributed by atoms with Crippen molar-refractivity contribution in [1.29, 1.82) is 0 Å². The number of hydrogen-bond acceptors (Lipinski definition) is 4. The van der Waals surface area contributed by atoms with Gasteiger partial charge in [0, 0.05) is 5.56 Å². The lowest BCUT2D eigenvalue weighted by Crippen LogP contribution is -2.33. The van der Waals surface area contributed by atoms with E-state index in [4.69, 9.17) is 0 Å². The zero-order valence-electron chi connectivity index (χ0n) is 19.2. The van der Waals surface area contributed by atoms with Crippen LogP contribution in [0, 0.1) is 6.92 Å². The zero-order chi connectivity index (χ0) is 24.7. The molecule has 1 aromatic heterocycles. The average molecular weight is 500 g/mol. The van der Waals surface area contributed by atoms with Crippen LogP contribution in [0.5, 0.6) is 0 Å². The van der Waals surface area contributed by atoms with E-state index in [0.717, 1.165) is 12.1 Å². The van der Waals surface area contributed by atoms with Crippen LogP contribution in [0.4, 0.5) is 0 Å². The van der Waals surface area contributed by atoms with Crippen molar-refractivity contribution < 1.29 is 17.5 Å². The molecule has 0 atom stereocenters. The van der Waals surface area contributed by atoms with Gasteiger partial charge >= 0.3 is 0 Å². The molecule has 0 saturated heterocycles. The maximum Gasteiger partial charge on any atom is 0.269 e. The Morgan fingerprint density at radius 2 is 1.23 bits per heavy atom. The maximum atomic E-state index is 10.4. The van der Waals surface area contributed by atoms with Crippen LogP contribution in [0.3, 0.4) is 0 Å². The lowest BCUT2D eigenvalue weighted by molar-refractivity contribution is -0.672. The third-order valence-electron chi connectivity index (χ3n) is 5.33. The molecule has 0 N–H and O–H groups in total. The van der Waals surface area contributed by atoms with E-state index in [1.54, 1.807) is 12.1 Å². The topological polar surface area (TPSA) is 61.1 Å². The van der Waals surface area contributed by atoms with Gasteiger partial charge in [-0.3, -0.25) is 0 Å². The molecular weight excluding hydrogens is 474 g/mol. The summed E-state index contributed by atoms with van der Waals surface area (Å²) in [5, 5.41) is 1.29. The van der Waals surface area contributed by atoms with Crippen LogP contribution in [0.1, 0.15) is 11.1 Å². The highest BCUT2D eigenvalue weighted by atomic mass is 32.2. The van der Waals surface area contributed by atoms with Crippen molar-refractivity contribution in [3.63, 3.8) is 0 Å². The Bertz CT molecular complexity index is 1460. The Kier molecular flexibility index (Phi) is 7.87. The average Bonchev–Trinajstić information content (AvgIpc) is 3.30. The Morgan fingerprint density at radius 1 is 0.714 bits per heavy atom. The molecule has 0 amide bonds. The highest BCUT2D eigenvalue weighted by Gasteiger charge is 2.20. The van der Waals surface area contributed by atoms with E-state index in [0.29, 0.717) is 0 Å². The van der Waals surface area contributed by atoms with Gasteiger partial charge in [-0.2, -0.15) is 4.57 Å². The largest absolute Gasteiger partial charge is 0.744 e. The van der Waals surface area contributed by atoms with Gasteiger partial charge in [0.25, 0.3) is 5.01 Å². The molecule has 176 valence electrons. The first-order valence-electron chi connectivity index (χ1n) is 11.1. The molecule has 0 bridgehead atoms. The second-order valence-corrected chi connectivity index (χ2v) is 10.4. The SMILES string of the molecule is Cc1ccc(S(=O)(=O)[O-])cc1.c1ccc(C[n+]2cc(-c3ccccc3)sc2-c2ccccc2)cc1. The predicted molar refractivity (Wildman–Crippen MR) is 140 cm³/mol. The number of aromatic nitrogens is 1. The first-order chi connectivity index (χ1) is 16.9. The Labute approximate surface area is 210 Å². The van der Waals surface area contributed by atoms with E-state index in [2.05, 4.69) is 102 Å². The monoisotopic (exact) mass is 499 g/mol. The Morgan fingerprint density at radius 3 is 1.77 bits per heavy atom. The molecule has 5 aromatic rings. The second kappa shape index (κ2) is 11.2. The lowest BCUT2D eigenvalue weighted by atomic mass is 10.2. The van der Waals surface area contributed by atoms with Crippen LogP contribution < -0.4 is 4.57 Å². The molecule has 0 aliphatic heterocycles. The summed E-state index contributed by atoms with van der Waals surface area (Å²) in [7, 11) is -4.27. The molecule has 1 heterocycles. The lowest BCUT2D eigenvalue weighted by Gasteiger charge is -2.05. The highest BCUT2D eigenvalue weighted by Crippen LogP contribution is 2.31. The van der Waals surface area contributed by atoms with E-state index in [1.165, 1.54) is 38.7 Å².